The highest BCUT2D eigenvalue weighted by molar-refractivity contribution is 5.82. The van der Waals surface area contributed by atoms with Crippen molar-refractivity contribution in [1.82, 2.24) is 9.97 Å². The average Bonchev–Trinajstić information content (AvgIpc) is 2.66. The Morgan fingerprint density at radius 3 is 2.52 bits per heavy atom. The molecule has 0 bridgehead atoms. The lowest BCUT2D eigenvalue weighted by Gasteiger charge is -2.12. The van der Waals surface area contributed by atoms with Gasteiger partial charge in [0.2, 0.25) is 5.96 Å². The van der Waals surface area contributed by atoms with Gasteiger partial charge in [-0.3, -0.25) is 0 Å². The van der Waals surface area contributed by atoms with Crippen molar-refractivity contribution in [3.8, 4) is 11.5 Å². The number of benzene rings is 2. The molecule has 3 rings (SSSR count). The van der Waals surface area contributed by atoms with Crippen LogP contribution in [-0.4, -0.2) is 29.3 Å². The molecule has 0 saturated heterocycles. The second-order valence-electron chi connectivity index (χ2n) is 5.71. The molecular formula is C19H20N6O2. The van der Waals surface area contributed by atoms with Gasteiger partial charge >= 0.3 is 0 Å². The highest BCUT2D eigenvalue weighted by Crippen LogP contribution is 2.28. The van der Waals surface area contributed by atoms with Gasteiger partial charge in [-0.2, -0.15) is 5.10 Å². The Bertz CT molecular complexity index is 1010. The number of nitrogens with two attached hydrogens (primary N) is 2. The normalized spacial score (nSPS) is 10.9. The van der Waals surface area contributed by atoms with Gasteiger partial charge in [0.05, 0.1) is 35.7 Å². The molecule has 0 aliphatic heterocycles. The van der Waals surface area contributed by atoms with Gasteiger partial charge in [-0.25, -0.2) is 9.97 Å². The van der Waals surface area contributed by atoms with E-state index in [9.17, 15) is 0 Å². The van der Waals surface area contributed by atoms with Crippen LogP contribution in [0.2, 0.25) is 0 Å². The second kappa shape index (κ2) is 8.13. The zero-order valence-corrected chi connectivity index (χ0v) is 15.1. The first-order valence-corrected chi connectivity index (χ1v) is 8.22. The van der Waals surface area contributed by atoms with Crippen LogP contribution >= 0.6 is 0 Å². The van der Waals surface area contributed by atoms with E-state index in [1.54, 1.807) is 19.2 Å². The number of para-hydroxylation sites is 2. The fourth-order valence-electron chi connectivity index (χ4n) is 2.45. The fraction of sp³-hybridized carbons (Fsp3) is 0.158. The van der Waals surface area contributed by atoms with Crippen LogP contribution in [0.3, 0.4) is 0 Å². The van der Waals surface area contributed by atoms with E-state index in [0.717, 1.165) is 28.0 Å². The van der Waals surface area contributed by atoms with Crippen LogP contribution in [0.4, 0.5) is 0 Å². The third-order valence-corrected chi connectivity index (χ3v) is 3.78. The van der Waals surface area contributed by atoms with Gasteiger partial charge in [0.1, 0.15) is 6.61 Å². The van der Waals surface area contributed by atoms with E-state index in [0.29, 0.717) is 11.5 Å². The van der Waals surface area contributed by atoms with E-state index in [1.165, 1.54) is 6.21 Å². The van der Waals surface area contributed by atoms with Crippen LogP contribution in [0.1, 0.15) is 17.0 Å². The van der Waals surface area contributed by atoms with Crippen LogP contribution < -0.4 is 20.9 Å². The van der Waals surface area contributed by atoms with Crippen molar-refractivity contribution in [3.63, 3.8) is 0 Å². The molecule has 0 atom stereocenters. The summed E-state index contributed by atoms with van der Waals surface area (Å²) in [5.74, 6) is 1.05. The van der Waals surface area contributed by atoms with E-state index >= 15 is 0 Å². The number of methoxy groups -OCH3 is 1. The molecule has 0 radical (unpaired) electrons. The molecule has 3 aromatic rings. The van der Waals surface area contributed by atoms with Crippen molar-refractivity contribution < 1.29 is 9.47 Å². The molecule has 0 saturated carbocycles. The van der Waals surface area contributed by atoms with E-state index in [1.807, 2.05) is 37.3 Å². The molecule has 1 heterocycles. The van der Waals surface area contributed by atoms with E-state index < -0.39 is 0 Å². The third-order valence-electron chi connectivity index (χ3n) is 3.78. The van der Waals surface area contributed by atoms with Crippen molar-refractivity contribution in [1.29, 1.82) is 0 Å². The first-order valence-electron chi connectivity index (χ1n) is 8.22. The van der Waals surface area contributed by atoms with E-state index in [-0.39, 0.29) is 12.6 Å². The number of fused-ring (bicyclic) bond motifs is 1. The van der Waals surface area contributed by atoms with Crippen molar-refractivity contribution >= 4 is 23.2 Å². The van der Waals surface area contributed by atoms with Gasteiger partial charge in [0.15, 0.2) is 11.5 Å². The molecule has 0 fully saturated rings. The molecular weight excluding hydrogens is 344 g/mol. The molecule has 0 amide bonds. The van der Waals surface area contributed by atoms with Crippen molar-refractivity contribution in [3.05, 3.63) is 59.4 Å². The summed E-state index contributed by atoms with van der Waals surface area (Å²) in [6.07, 6.45) is 1.52. The number of guanidine groups is 1. The first-order chi connectivity index (χ1) is 13.1. The summed E-state index contributed by atoms with van der Waals surface area (Å²) in [4.78, 5) is 9.20. The van der Waals surface area contributed by atoms with Gasteiger partial charge in [-0.1, -0.05) is 12.1 Å². The highest BCUT2D eigenvalue weighted by Gasteiger charge is 2.09. The molecule has 1 aromatic heterocycles. The Morgan fingerprint density at radius 2 is 1.81 bits per heavy atom. The van der Waals surface area contributed by atoms with Gasteiger partial charge in [-0.05, 0) is 42.8 Å². The van der Waals surface area contributed by atoms with Crippen LogP contribution in [0.25, 0.3) is 11.0 Å². The third kappa shape index (κ3) is 4.49. The maximum atomic E-state index is 5.90. The standard InChI is InChI=1S/C19H20N6O2/c1-12-16(24-15-6-4-3-5-14(15)23-12)11-27-17-8-7-13(9-18(17)26-2)10-22-25-19(20)21/h3-10H,11H2,1-2H3,(H4,20,21,25). The molecule has 0 unspecified atom stereocenters. The van der Waals surface area contributed by atoms with Gasteiger partial charge in [0, 0.05) is 0 Å². The van der Waals surface area contributed by atoms with Crippen molar-refractivity contribution in [2.75, 3.05) is 7.11 Å². The Hall–Kier alpha value is -3.68. The van der Waals surface area contributed by atoms with Crippen LogP contribution in [0, 0.1) is 6.92 Å². The predicted octanol–water partition coefficient (Wildman–Crippen LogP) is 2.13. The molecule has 8 nitrogen and oxygen atoms in total. The summed E-state index contributed by atoms with van der Waals surface area (Å²) < 4.78 is 11.3. The number of rotatable bonds is 6. The lowest BCUT2D eigenvalue weighted by atomic mass is 10.2. The fourth-order valence-corrected chi connectivity index (χ4v) is 2.45. The number of nitrogens with zero attached hydrogens (tertiary/aromatic N) is 4. The van der Waals surface area contributed by atoms with Crippen LogP contribution in [0.15, 0.2) is 52.7 Å². The van der Waals surface area contributed by atoms with Crippen LogP contribution in [0.5, 0.6) is 11.5 Å². The van der Waals surface area contributed by atoms with Crippen molar-refractivity contribution in [2.24, 2.45) is 21.7 Å². The number of hydrogen-bond acceptors (Lipinski definition) is 6. The number of hydrogen-bond donors (Lipinski definition) is 2. The number of aromatic nitrogens is 2. The summed E-state index contributed by atoms with van der Waals surface area (Å²) in [7, 11) is 1.57. The SMILES string of the molecule is COc1cc(C=NN=C(N)N)ccc1OCc1nc2ccccc2nc1C. The minimum Gasteiger partial charge on any atom is -0.493 e. The molecule has 0 aliphatic carbocycles. The van der Waals surface area contributed by atoms with E-state index in [4.69, 9.17) is 20.9 Å². The lowest BCUT2D eigenvalue weighted by molar-refractivity contribution is 0.280. The molecule has 0 spiro atoms. The highest BCUT2D eigenvalue weighted by atomic mass is 16.5. The van der Waals surface area contributed by atoms with Gasteiger partial charge < -0.3 is 20.9 Å². The monoisotopic (exact) mass is 364 g/mol. The smallest absolute Gasteiger partial charge is 0.211 e. The summed E-state index contributed by atoms with van der Waals surface area (Å²) in [6.45, 7) is 2.19. The molecule has 8 heteroatoms. The zero-order valence-electron chi connectivity index (χ0n) is 15.1. The molecule has 138 valence electrons. The molecule has 0 aliphatic rings. The zero-order chi connectivity index (χ0) is 19.2. The average molecular weight is 364 g/mol. The number of ether oxygens (including phenoxy) is 2. The quantitative estimate of drug-likeness (QED) is 0.393. The molecule has 27 heavy (non-hydrogen) atoms. The Balaban J connectivity index is 1.78. The van der Waals surface area contributed by atoms with Crippen molar-refractivity contribution in [2.45, 2.75) is 13.5 Å². The maximum Gasteiger partial charge on any atom is 0.211 e. The lowest BCUT2D eigenvalue weighted by Crippen LogP contribution is -2.21. The Kier molecular flexibility index (Phi) is 5.46. The summed E-state index contributed by atoms with van der Waals surface area (Å²) in [6, 6.07) is 13.1. The Labute approximate surface area is 156 Å². The minimum absolute atomic E-state index is 0.106. The Morgan fingerprint density at radius 1 is 1.07 bits per heavy atom. The first kappa shape index (κ1) is 18.1. The molecule has 2 aromatic carbocycles. The maximum absolute atomic E-state index is 5.90. The van der Waals surface area contributed by atoms with Gasteiger partial charge in [0.25, 0.3) is 0 Å². The minimum atomic E-state index is -0.106. The van der Waals surface area contributed by atoms with Crippen LogP contribution in [-0.2, 0) is 6.61 Å². The van der Waals surface area contributed by atoms with Gasteiger partial charge in [-0.15, -0.1) is 5.10 Å². The summed E-state index contributed by atoms with van der Waals surface area (Å²) in [5.41, 5.74) is 14.5. The summed E-state index contributed by atoms with van der Waals surface area (Å²) >= 11 is 0. The topological polar surface area (TPSA) is 121 Å². The summed E-state index contributed by atoms with van der Waals surface area (Å²) in [5, 5.41) is 7.34. The molecule has 4 N–H and O–H groups in total. The largest absolute Gasteiger partial charge is 0.493 e. The predicted molar refractivity (Wildman–Crippen MR) is 105 cm³/mol. The number of aryl methyl sites for hydroxylation is 1. The second-order valence-corrected chi connectivity index (χ2v) is 5.71. The van der Waals surface area contributed by atoms with E-state index in [2.05, 4.69) is 20.2 Å².